The van der Waals surface area contributed by atoms with E-state index in [-0.39, 0.29) is 10.8 Å². The van der Waals surface area contributed by atoms with Gasteiger partial charge in [-0.15, -0.1) is 0 Å². The second-order valence-electron chi connectivity index (χ2n) is 17.2. The Hall–Kier alpha value is -5.93. The summed E-state index contributed by atoms with van der Waals surface area (Å²) in [6.07, 6.45) is 0. The van der Waals surface area contributed by atoms with Crippen LogP contribution in [0.5, 0.6) is 11.5 Å². The van der Waals surface area contributed by atoms with Crippen LogP contribution in [-0.4, -0.2) is 4.89 Å². The molecule has 0 spiro atoms. The number of hydrogen-bond donors (Lipinski definition) is 1. The maximum absolute atomic E-state index is 14.2. The molecule has 8 aromatic rings. The summed E-state index contributed by atoms with van der Waals surface area (Å²) in [6.45, 7) is 13.3. The molecule has 1 aliphatic heterocycles. The van der Waals surface area contributed by atoms with Gasteiger partial charge in [0.25, 0.3) is 0 Å². The minimum absolute atomic E-state index is 0.0703. The summed E-state index contributed by atoms with van der Waals surface area (Å²) in [5, 5.41) is 3.76. The number of phosphoric acid groups is 1. The maximum atomic E-state index is 14.2. The van der Waals surface area contributed by atoms with Gasteiger partial charge < -0.3 is 9.05 Å². The molecule has 0 saturated carbocycles. The topological polar surface area (TPSA) is 55.8 Å². The number of hydrogen-bond acceptors (Lipinski definition) is 3. The fourth-order valence-corrected chi connectivity index (χ4v) is 8.91. The van der Waals surface area contributed by atoms with Crippen molar-refractivity contribution >= 4 is 29.4 Å². The minimum atomic E-state index is -4.70. The first kappa shape index (κ1) is 36.7. The Kier molecular flexibility index (Phi) is 8.77. The first-order chi connectivity index (χ1) is 27.2. The van der Waals surface area contributed by atoms with Crippen molar-refractivity contribution in [1.82, 2.24) is 0 Å². The predicted molar refractivity (Wildman–Crippen MR) is 237 cm³/mol. The lowest BCUT2D eigenvalue weighted by Gasteiger charge is -2.19. The van der Waals surface area contributed by atoms with E-state index in [9.17, 15) is 9.46 Å². The largest absolute Gasteiger partial charge is 0.584 e. The zero-order valence-corrected chi connectivity index (χ0v) is 34.0. The molecule has 1 heterocycles. The molecule has 0 amide bonds. The Balaban J connectivity index is 1.22. The number of phosphoric ester groups is 1. The van der Waals surface area contributed by atoms with Crippen LogP contribution >= 0.6 is 7.82 Å². The average Bonchev–Trinajstić information content (AvgIpc) is 3.33. The van der Waals surface area contributed by atoms with E-state index in [1.165, 1.54) is 11.1 Å². The van der Waals surface area contributed by atoms with E-state index in [1.807, 2.05) is 48.5 Å². The molecular formula is C52H45O4P. The van der Waals surface area contributed by atoms with Gasteiger partial charge in [0.2, 0.25) is 0 Å². The Morgan fingerprint density at radius 3 is 1.05 bits per heavy atom. The van der Waals surface area contributed by atoms with Crippen LogP contribution in [0.25, 0.3) is 77.2 Å². The molecule has 0 aromatic heterocycles. The Morgan fingerprint density at radius 2 is 0.719 bits per heavy atom. The molecule has 282 valence electrons. The molecule has 8 aromatic carbocycles. The van der Waals surface area contributed by atoms with Crippen molar-refractivity contribution < 1.29 is 18.5 Å². The standard InChI is InChI=1S/C52H45O4P/c1-51(2,3)41-27-23-35(24-28-41)33-15-19-37(20-16-33)45-31-39-11-7-9-13-43(39)47-48-44-14-10-8-12-40(44)32-46(50(48)56-57(53,54)55-49(45)47)38-21-17-34(18-22-38)36-25-29-42(30-26-36)52(4,5)6/h7-32H,1-6H3,(H,53,54). The van der Waals surface area contributed by atoms with Crippen molar-refractivity contribution in [3.05, 3.63) is 169 Å². The van der Waals surface area contributed by atoms with Crippen molar-refractivity contribution in [3.8, 4) is 67.1 Å². The molecule has 4 nitrogen and oxygen atoms in total. The zero-order chi connectivity index (χ0) is 39.7. The lowest BCUT2D eigenvalue weighted by molar-refractivity contribution is 0.295. The minimum Gasteiger partial charge on any atom is -0.394 e. The third kappa shape index (κ3) is 6.84. The highest BCUT2D eigenvalue weighted by molar-refractivity contribution is 7.48. The van der Waals surface area contributed by atoms with Gasteiger partial charge in [0.15, 0.2) is 0 Å². The highest BCUT2D eigenvalue weighted by atomic mass is 31.2. The molecule has 0 unspecified atom stereocenters. The van der Waals surface area contributed by atoms with Crippen LogP contribution < -0.4 is 9.05 Å². The highest BCUT2D eigenvalue weighted by Crippen LogP contribution is 2.61. The van der Waals surface area contributed by atoms with Gasteiger partial charge in [-0.25, -0.2) is 4.57 Å². The van der Waals surface area contributed by atoms with Crippen LogP contribution in [0.4, 0.5) is 0 Å². The summed E-state index contributed by atoms with van der Waals surface area (Å²) >= 11 is 0. The third-order valence-corrected chi connectivity index (χ3v) is 12.1. The summed E-state index contributed by atoms with van der Waals surface area (Å²) in [5.41, 5.74) is 11.7. The molecule has 0 fully saturated rings. The lowest BCUT2D eigenvalue weighted by Crippen LogP contribution is -2.10. The van der Waals surface area contributed by atoms with E-state index in [2.05, 4.69) is 151 Å². The Labute approximate surface area is 335 Å². The van der Waals surface area contributed by atoms with E-state index >= 15 is 0 Å². The molecule has 1 N–H and O–H groups in total. The maximum Gasteiger partial charge on any atom is 0.584 e. The Morgan fingerprint density at radius 1 is 0.421 bits per heavy atom. The molecule has 1 aliphatic rings. The summed E-state index contributed by atoms with van der Waals surface area (Å²) in [5.74, 6) is 0.633. The second-order valence-corrected chi connectivity index (χ2v) is 18.5. The van der Waals surface area contributed by atoms with Crippen LogP contribution in [0.3, 0.4) is 0 Å². The molecule has 0 atom stereocenters. The smallest absolute Gasteiger partial charge is 0.394 e. The van der Waals surface area contributed by atoms with E-state index < -0.39 is 7.82 Å². The van der Waals surface area contributed by atoms with Gasteiger partial charge in [-0.05, 0) is 89.0 Å². The predicted octanol–water partition coefficient (Wildman–Crippen LogP) is 14.8. The molecule has 0 saturated heterocycles. The van der Waals surface area contributed by atoms with Crippen molar-refractivity contribution in [3.63, 3.8) is 0 Å². The SMILES string of the molecule is CC(C)(C)c1ccc(-c2ccc(-c3cc4ccccc4c4c3OP(=O)(O)Oc3c(-c5ccc(-c6ccc(C(C)(C)C)cc6)cc5)cc5ccccc5c3-4)cc2)cc1. The van der Waals surface area contributed by atoms with Crippen LogP contribution in [0.2, 0.25) is 0 Å². The molecule has 0 radical (unpaired) electrons. The van der Waals surface area contributed by atoms with Crippen molar-refractivity contribution in [2.45, 2.75) is 52.4 Å². The van der Waals surface area contributed by atoms with Gasteiger partial charge in [0.1, 0.15) is 11.5 Å². The van der Waals surface area contributed by atoms with E-state index in [0.29, 0.717) is 22.6 Å². The van der Waals surface area contributed by atoms with Crippen molar-refractivity contribution in [2.75, 3.05) is 0 Å². The van der Waals surface area contributed by atoms with Crippen LogP contribution in [0.1, 0.15) is 52.7 Å². The van der Waals surface area contributed by atoms with Gasteiger partial charge in [-0.2, -0.15) is 0 Å². The van der Waals surface area contributed by atoms with E-state index in [1.54, 1.807) is 0 Å². The summed E-state index contributed by atoms with van der Waals surface area (Å²) < 4.78 is 26.6. The van der Waals surface area contributed by atoms with Gasteiger partial charge in [-0.3, -0.25) is 4.89 Å². The van der Waals surface area contributed by atoms with Crippen LogP contribution in [-0.2, 0) is 15.4 Å². The molecule has 5 heteroatoms. The fourth-order valence-electron chi connectivity index (χ4n) is 8.03. The summed E-state index contributed by atoms with van der Waals surface area (Å²) in [4.78, 5) is 11.6. The third-order valence-electron chi connectivity index (χ3n) is 11.2. The average molecular weight is 765 g/mol. The summed E-state index contributed by atoms with van der Waals surface area (Å²) in [6, 6.07) is 54.4. The quantitative estimate of drug-likeness (QED) is 0.181. The van der Waals surface area contributed by atoms with E-state index in [0.717, 1.165) is 66.1 Å². The highest BCUT2D eigenvalue weighted by Gasteiger charge is 2.37. The first-order valence-corrected chi connectivity index (χ1v) is 21.0. The number of rotatable bonds is 4. The normalized spacial score (nSPS) is 13.7. The molecule has 0 aliphatic carbocycles. The monoisotopic (exact) mass is 764 g/mol. The van der Waals surface area contributed by atoms with Crippen LogP contribution in [0.15, 0.2) is 158 Å². The molecule has 0 bridgehead atoms. The fraction of sp³-hybridized carbons (Fsp3) is 0.154. The van der Waals surface area contributed by atoms with Crippen molar-refractivity contribution in [1.29, 1.82) is 0 Å². The first-order valence-electron chi connectivity index (χ1n) is 19.5. The van der Waals surface area contributed by atoms with Gasteiger partial charge in [-0.1, -0.05) is 187 Å². The van der Waals surface area contributed by atoms with Gasteiger partial charge >= 0.3 is 7.82 Å². The molecule has 9 rings (SSSR count). The molecule has 57 heavy (non-hydrogen) atoms. The lowest BCUT2D eigenvalue weighted by atomic mass is 9.85. The molecular weight excluding hydrogens is 720 g/mol. The summed E-state index contributed by atoms with van der Waals surface area (Å²) in [7, 11) is -4.70. The van der Waals surface area contributed by atoms with Gasteiger partial charge in [0, 0.05) is 22.3 Å². The van der Waals surface area contributed by atoms with Crippen molar-refractivity contribution in [2.24, 2.45) is 0 Å². The van der Waals surface area contributed by atoms with Crippen LogP contribution in [0, 0.1) is 0 Å². The second kappa shape index (κ2) is 13.6. The van der Waals surface area contributed by atoms with E-state index in [4.69, 9.17) is 9.05 Å². The zero-order valence-electron chi connectivity index (χ0n) is 33.1. The number of fused-ring (bicyclic) bond motifs is 7. The number of benzene rings is 8. The van der Waals surface area contributed by atoms with Gasteiger partial charge in [0.05, 0.1) is 0 Å². The Bertz CT molecular complexity index is 2660.